The second-order valence-corrected chi connectivity index (χ2v) is 9.11. The average molecular weight is 375 g/mol. The lowest BCUT2D eigenvalue weighted by Crippen LogP contribution is -2.30. The molecule has 0 spiro atoms. The van der Waals surface area contributed by atoms with Crippen LogP contribution >= 0.6 is 0 Å². The van der Waals surface area contributed by atoms with Gasteiger partial charge in [0.2, 0.25) is 0 Å². The number of carbonyl (C=O) groups is 1. The van der Waals surface area contributed by atoms with Gasteiger partial charge < -0.3 is 14.4 Å². The number of aliphatic hydroxyl groups is 1. The summed E-state index contributed by atoms with van der Waals surface area (Å²) in [5.41, 5.74) is 0. The Morgan fingerprint density at radius 3 is 2.62 bits per heavy atom. The van der Waals surface area contributed by atoms with E-state index in [4.69, 9.17) is 4.42 Å². The number of sulfone groups is 1. The van der Waals surface area contributed by atoms with Crippen LogP contribution in [0.4, 0.5) is 0 Å². The van der Waals surface area contributed by atoms with Gasteiger partial charge in [-0.1, -0.05) is 18.2 Å². The summed E-state index contributed by atoms with van der Waals surface area (Å²) >= 11 is 0. The van der Waals surface area contributed by atoms with E-state index in [2.05, 4.69) is 0 Å². The minimum absolute atomic E-state index is 0.145. The minimum atomic E-state index is -3.52. The van der Waals surface area contributed by atoms with E-state index in [1.807, 2.05) is 0 Å². The maximum atomic E-state index is 12.6. The lowest BCUT2D eigenvalue weighted by atomic mass is 10.00. The molecule has 1 amide bonds. The highest BCUT2D eigenvalue weighted by atomic mass is 32.2. The second-order valence-electron chi connectivity index (χ2n) is 7.12. The van der Waals surface area contributed by atoms with Crippen molar-refractivity contribution in [2.24, 2.45) is 11.8 Å². The highest BCUT2D eigenvalue weighted by Crippen LogP contribution is 2.38. The maximum Gasteiger partial charge on any atom is 0.289 e. The number of furan rings is 1. The molecule has 2 fully saturated rings. The molecule has 6 nitrogen and oxygen atoms in total. The Balaban J connectivity index is 1.46. The number of hydrogen-bond acceptors (Lipinski definition) is 5. The predicted octanol–water partition coefficient (Wildman–Crippen LogP) is 2.10. The van der Waals surface area contributed by atoms with E-state index in [-0.39, 0.29) is 40.1 Å². The normalized spacial score (nSPS) is 25.4. The lowest BCUT2D eigenvalue weighted by molar-refractivity contribution is 0.0720. The molecule has 138 valence electrons. The summed E-state index contributed by atoms with van der Waals surface area (Å²) in [6.07, 6.45) is 1.41. The van der Waals surface area contributed by atoms with Gasteiger partial charge in [-0.2, -0.15) is 0 Å². The average Bonchev–Trinajstić information content (AvgIpc) is 3.33. The zero-order chi connectivity index (χ0) is 18.3. The van der Waals surface area contributed by atoms with Gasteiger partial charge in [0, 0.05) is 19.0 Å². The molecule has 0 bridgehead atoms. The van der Waals surface area contributed by atoms with Gasteiger partial charge >= 0.3 is 0 Å². The molecule has 1 aliphatic carbocycles. The fourth-order valence-electron chi connectivity index (χ4n) is 4.03. The van der Waals surface area contributed by atoms with Crippen LogP contribution in [0.25, 0.3) is 0 Å². The van der Waals surface area contributed by atoms with Gasteiger partial charge in [-0.15, -0.1) is 0 Å². The van der Waals surface area contributed by atoms with E-state index in [0.717, 1.165) is 12.8 Å². The summed E-state index contributed by atoms with van der Waals surface area (Å²) in [4.78, 5) is 14.6. The molecule has 7 heteroatoms. The quantitative estimate of drug-likeness (QED) is 0.884. The lowest BCUT2D eigenvalue weighted by Gasteiger charge is -2.17. The summed E-state index contributed by atoms with van der Waals surface area (Å²) in [5.74, 6) is 0.367. The van der Waals surface area contributed by atoms with Crippen molar-refractivity contribution in [1.82, 2.24) is 4.90 Å². The predicted molar refractivity (Wildman–Crippen MR) is 94.2 cm³/mol. The molecule has 1 saturated carbocycles. The van der Waals surface area contributed by atoms with E-state index in [0.29, 0.717) is 19.0 Å². The van der Waals surface area contributed by atoms with Crippen molar-refractivity contribution in [3.8, 4) is 0 Å². The van der Waals surface area contributed by atoms with Gasteiger partial charge in [0.05, 0.1) is 11.0 Å². The molecule has 1 aliphatic heterocycles. The number of nitrogens with zero attached hydrogens (tertiary/aromatic N) is 1. The molecular formula is C19H21NO5S. The zero-order valence-corrected chi connectivity index (χ0v) is 15.1. The summed E-state index contributed by atoms with van der Waals surface area (Å²) in [6.45, 7) is 1.15. The number of rotatable bonds is 4. The third-order valence-corrected chi connectivity index (χ3v) is 7.07. The van der Waals surface area contributed by atoms with Crippen molar-refractivity contribution < 1.29 is 22.7 Å². The zero-order valence-electron chi connectivity index (χ0n) is 14.2. The Labute approximate surface area is 152 Å². The van der Waals surface area contributed by atoms with Gasteiger partial charge in [0.25, 0.3) is 5.91 Å². The first-order valence-electron chi connectivity index (χ1n) is 8.78. The molecule has 1 aromatic heterocycles. The molecule has 0 unspecified atom stereocenters. The number of amides is 1. The number of carbonyl (C=O) groups excluding carboxylic acids is 1. The fourth-order valence-corrected chi connectivity index (χ4v) is 5.30. The Morgan fingerprint density at radius 2 is 1.88 bits per heavy atom. The van der Waals surface area contributed by atoms with Gasteiger partial charge in [-0.05, 0) is 43.0 Å². The van der Waals surface area contributed by atoms with Gasteiger partial charge in [-0.25, -0.2) is 8.42 Å². The fraction of sp³-hybridized carbons (Fsp3) is 0.421. The van der Waals surface area contributed by atoms with Crippen LogP contribution in [0.2, 0.25) is 0 Å². The molecule has 0 radical (unpaired) electrons. The molecular weight excluding hydrogens is 354 g/mol. The molecule has 2 heterocycles. The molecule has 2 aromatic rings. The Bertz CT molecular complexity index is 905. The SMILES string of the molecule is O=C(c1ccc(CS(=O)(=O)c2ccccc2)o1)N1C[C@@H]2CC[C@@H](O)[C@H]2C1. The van der Waals surface area contributed by atoms with Crippen molar-refractivity contribution in [2.75, 3.05) is 13.1 Å². The standard InChI is InChI=1S/C19H21NO5S/c21-17-8-6-13-10-20(11-16(13)17)19(22)18-9-7-14(25-18)12-26(23,24)15-4-2-1-3-5-15/h1-5,7,9,13,16-17,21H,6,8,10-12H2/t13-,16-,17+/m0/s1. The Hall–Kier alpha value is -2.12. The van der Waals surface area contributed by atoms with Gasteiger partial charge in [0.1, 0.15) is 11.5 Å². The minimum Gasteiger partial charge on any atom is -0.455 e. The summed E-state index contributed by atoms with van der Waals surface area (Å²) in [5, 5.41) is 9.98. The number of aliphatic hydroxyl groups excluding tert-OH is 1. The topological polar surface area (TPSA) is 87.8 Å². The number of likely N-dealkylation sites (tertiary alicyclic amines) is 1. The largest absolute Gasteiger partial charge is 0.455 e. The first-order chi connectivity index (χ1) is 12.4. The van der Waals surface area contributed by atoms with Crippen LogP contribution < -0.4 is 0 Å². The first-order valence-corrected chi connectivity index (χ1v) is 10.4. The molecule has 1 saturated heterocycles. The van der Waals surface area contributed by atoms with Gasteiger partial charge in [0.15, 0.2) is 15.6 Å². The van der Waals surface area contributed by atoms with Gasteiger partial charge in [-0.3, -0.25) is 4.79 Å². The first kappa shape index (κ1) is 17.3. The number of fused-ring (bicyclic) bond motifs is 1. The van der Waals surface area contributed by atoms with Crippen LogP contribution in [-0.4, -0.2) is 43.5 Å². The molecule has 3 atom stereocenters. The Kier molecular flexibility index (Phi) is 4.36. The van der Waals surface area contributed by atoms with Crippen molar-refractivity contribution in [3.63, 3.8) is 0 Å². The molecule has 1 aromatic carbocycles. The summed E-state index contributed by atoms with van der Waals surface area (Å²) in [6, 6.07) is 11.2. The third kappa shape index (κ3) is 3.17. The van der Waals surface area contributed by atoms with Crippen LogP contribution in [0.15, 0.2) is 51.8 Å². The highest BCUT2D eigenvalue weighted by molar-refractivity contribution is 7.90. The smallest absolute Gasteiger partial charge is 0.289 e. The third-order valence-electron chi connectivity index (χ3n) is 5.41. The summed E-state index contributed by atoms with van der Waals surface area (Å²) < 4.78 is 30.4. The summed E-state index contributed by atoms with van der Waals surface area (Å²) in [7, 11) is -3.52. The monoisotopic (exact) mass is 375 g/mol. The van der Waals surface area contributed by atoms with E-state index in [9.17, 15) is 18.3 Å². The maximum absolute atomic E-state index is 12.6. The van der Waals surface area contributed by atoms with Crippen LogP contribution in [0.1, 0.15) is 29.2 Å². The number of hydrogen-bond donors (Lipinski definition) is 1. The van der Waals surface area contributed by atoms with Crippen LogP contribution in [0.3, 0.4) is 0 Å². The van der Waals surface area contributed by atoms with E-state index < -0.39 is 9.84 Å². The second kappa shape index (κ2) is 6.55. The van der Waals surface area contributed by atoms with E-state index in [1.54, 1.807) is 41.3 Å². The van der Waals surface area contributed by atoms with Crippen molar-refractivity contribution in [3.05, 3.63) is 54.0 Å². The van der Waals surface area contributed by atoms with Crippen LogP contribution in [0, 0.1) is 11.8 Å². The highest BCUT2D eigenvalue weighted by Gasteiger charge is 2.43. The molecule has 1 N–H and O–H groups in total. The van der Waals surface area contributed by atoms with E-state index in [1.165, 1.54) is 6.07 Å². The van der Waals surface area contributed by atoms with Crippen LogP contribution in [-0.2, 0) is 15.6 Å². The van der Waals surface area contributed by atoms with Crippen molar-refractivity contribution in [2.45, 2.75) is 29.6 Å². The van der Waals surface area contributed by atoms with Crippen LogP contribution in [0.5, 0.6) is 0 Å². The number of benzene rings is 1. The Morgan fingerprint density at radius 1 is 1.12 bits per heavy atom. The van der Waals surface area contributed by atoms with E-state index >= 15 is 0 Å². The molecule has 26 heavy (non-hydrogen) atoms. The molecule has 2 aliphatic rings. The van der Waals surface area contributed by atoms with Crippen molar-refractivity contribution in [1.29, 1.82) is 0 Å². The van der Waals surface area contributed by atoms with Crippen molar-refractivity contribution >= 4 is 15.7 Å². The molecule has 4 rings (SSSR count).